The van der Waals surface area contributed by atoms with E-state index in [1.165, 1.54) is 21.5 Å². The van der Waals surface area contributed by atoms with E-state index in [1.807, 2.05) is 30.3 Å². The molecular weight excluding hydrogens is 246 g/mol. The fourth-order valence-electron chi connectivity index (χ4n) is 3.01. The first-order chi connectivity index (χ1) is 9.90. The fourth-order valence-corrected chi connectivity index (χ4v) is 3.01. The molecule has 1 N–H and O–H groups in total. The number of H-pyrrole nitrogens is 1. The predicted molar refractivity (Wildman–Crippen MR) is 81.9 cm³/mol. The van der Waals surface area contributed by atoms with Gasteiger partial charge in [-0.1, -0.05) is 30.3 Å². The van der Waals surface area contributed by atoms with Crippen LogP contribution in [0.5, 0.6) is 0 Å². The average Bonchev–Trinajstić information content (AvgIpc) is 3.02. The van der Waals surface area contributed by atoms with E-state index in [1.54, 1.807) is 0 Å². The number of aromatic nitrogens is 1. The maximum atomic E-state index is 5.93. The number of para-hydroxylation sites is 1. The third-order valence-electron chi connectivity index (χ3n) is 3.94. The molecule has 0 saturated carbocycles. The summed E-state index contributed by atoms with van der Waals surface area (Å²) in [6.45, 7) is 0. The van der Waals surface area contributed by atoms with E-state index in [0.717, 1.165) is 22.2 Å². The van der Waals surface area contributed by atoms with Crippen LogP contribution in [0, 0.1) is 6.07 Å². The Morgan fingerprint density at radius 1 is 0.800 bits per heavy atom. The molecule has 20 heavy (non-hydrogen) atoms. The Bertz CT molecular complexity index is 1010. The molecule has 1 radical (unpaired) electrons. The molecule has 0 aliphatic carbocycles. The first kappa shape index (κ1) is 10.1. The van der Waals surface area contributed by atoms with Gasteiger partial charge in [-0.2, -0.15) is 0 Å². The van der Waals surface area contributed by atoms with Crippen LogP contribution in [0.25, 0.3) is 43.7 Å². The summed E-state index contributed by atoms with van der Waals surface area (Å²) in [6, 6.07) is 21.6. The topological polar surface area (TPSA) is 28.9 Å². The number of furan rings is 1. The number of rotatable bonds is 0. The normalized spacial score (nSPS) is 12.0. The lowest BCUT2D eigenvalue weighted by atomic mass is 10.1. The van der Waals surface area contributed by atoms with Crippen LogP contribution in [0.4, 0.5) is 0 Å². The van der Waals surface area contributed by atoms with Gasteiger partial charge < -0.3 is 9.40 Å². The summed E-state index contributed by atoms with van der Waals surface area (Å²) in [5.41, 5.74) is 4.08. The summed E-state index contributed by atoms with van der Waals surface area (Å²) in [4.78, 5) is 3.42. The third kappa shape index (κ3) is 1.18. The highest BCUT2D eigenvalue weighted by Crippen LogP contribution is 2.34. The van der Waals surface area contributed by atoms with Crippen molar-refractivity contribution >= 4 is 43.7 Å². The van der Waals surface area contributed by atoms with E-state index >= 15 is 0 Å². The van der Waals surface area contributed by atoms with Crippen LogP contribution in [-0.4, -0.2) is 4.98 Å². The molecule has 0 aliphatic rings. The molecule has 0 spiro atoms. The largest absolute Gasteiger partial charge is 0.456 e. The van der Waals surface area contributed by atoms with Crippen molar-refractivity contribution in [2.45, 2.75) is 0 Å². The Balaban J connectivity index is 2.06. The second-order valence-electron chi connectivity index (χ2n) is 5.09. The molecule has 5 aromatic rings. The number of hydrogen-bond donors (Lipinski definition) is 1. The van der Waals surface area contributed by atoms with Gasteiger partial charge in [0.05, 0.1) is 5.52 Å². The minimum atomic E-state index is 0.925. The summed E-state index contributed by atoms with van der Waals surface area (Å²) in [7, 11) is 0. The highest BCUT2D eigenvalue weighted by molar-refractivity contribution is 6.16. The quantitative estimate of drug-likeness (QED) is 0.414. The standard InChI is InChI=1S/C18H10NO/c1-3-7-15-11(5-1)13-9-14-12-6-2-4-8-17(12)20-18(14)10-16(13)19-15/h1-2,4-10,19H. The van der Waals surface area contributed by atoms with E-state index in [4.69, 9.17) is 4.42 Å². The molecule has 2 aromatic heterocycles. The summed E-state index contributed by atoms with van der Waals surface area (Å²) in [6.07, 6.45) is 0. The van der Waals surface area contributed by atoms with Crippen molar-refractivity contribution in [2.24, 2.45) is 0 Å². The minimum Gasteiger partial charge on any atom is -0.456 e. The molecule has 0 saturated heterocycles. The van der Waals surface area contributed by atoms with Crippen LogP contribution >= 0.6 is 0 Å². The van der Waals surface area contributed by atoms with Crippen molar-refractivity contribution in [1.82, 2.24) is 4.98 Å². The highest BCUT2D eigenvalue weighted by atomic mass is 16.3. The van der Waals surface area contributed by atoms with Gasteiger partial charge in [-0.05, 0) is 24.3 Å². The number of hydrogen-bond acceptors (Lipinski definition) is 1. The van der Waals surface area contributed by atoms with Crippen molar-refractivity contribution in [3.05, 3.63) is 60.7 Å². The molecule has 5 rings (SSSR count). The summed E-state index contributed by atoms with van der Waals surface area (Å²) >= 11 is 0. The van der Waals surface area contributed by atoms with Crippen molar-refractivity contribution in [2.75, 3.05) is 0 Å². The van der Waals surface area contributed by atoms with Gasteiger partial charge in [0.2, 0.25) is 0 Å². The monoisotopic (exact) mass is 256 g/mol. The Morgan fingerprint density at radius 3 is 2.75 bits per heavy atom. The van der Waals surface area contributed by atoms with E-state index < -0.39 is 0 Å². The predicted octanol–water partition coefficient (Wildman–Crippen LogP) is 5.02. The molecule has 0 atom stereocenters. The van der Waals surface area contributed by atoms with Crippen LogP contribution in [0.15, 0.2) is 59.0 Å². The van der Waals surface area contributed by atoms with Gasteiger partial charge in [0.1, 0.15) is 11.2 Å². The second kappa shape index (κ2) is 3.42. The van der Waals surface area contributed by atoms with Crippen LogP contribution in [0.3, 0.4) is 0 Å². The molecule has 0 bridgehead atoms. The smallest absolute Gasteiger partial charge is 0.137 e. The molecule has 0 amide bonds. The number of nitrogens with one attached hydrogen (secondary N) is 1. The fraction of sp³-hybridized carbons (Fsp3) is 0. The van der Waals surface area contributed by atoms with E-state index in [2.05, 4.69) is 35.3 Å². The Kier molecular flexibility index (Phi) is 1.73. The highest BCUT2D eigenvalue weighted by Gasteiger charge is 2.10. The van der Waals surface area contributed by atoms with Gasteiger partial charge in [-0.3, -0.25) is 0 Å². The SMILES string of the molecule is [c]1ccc2c(c1)[nH]c1cc3oc4ccccc4c3cc12. The molecule has 0 aliphatic heterocycles. The molecule has 3 aromatic carbocycles. The van der Waals surface area contributed by atoms with Crippen LogP contribution in [0.2, 0.25) is 0 Å². The number of fused-ring (bicyclic) bond motifs is 6. The van der Waals surface area contributed by atoms with Crippen LogP contribution in [0.1, 0.15) is 0 Å². The summed E-state index contributed by atoms with van der Waals surface area (Å²) in [5.74, 6) is 0. The maximum absolute atomic E-state index is 5.93. The lowest BCUT2D eigenvalue weighted by Crippen LogP contribution is -1.69. The van der Waals surface area contributed by atoms with E-state index in [9.17, 15) is 0 Å². The molecule has 2 nitrogen and oxygen atoms in total. The Morgan fingerprint density at radius 2 is 1.75 bits per heavy atom. The zero-order valence-corrected chi connectivity index (χ0v) is 10.6. The Hall–Kier alpha value is -2.74. The molecular formula is C18H10NO. The van der Waals surface area contributed by atoms with Crippen molar-refractivity contribution in [3.8, 4) is 0 Å². The molecule has 0 fully saturated rings. The molecule has 93 valence electrons. The van der Waals surface area contributed by atoms with E-state index in [0.29, 0.717) is 0 Å². The van der Waals surface area contributed by atoms with Gasteiger partial charge in [-0.25, -0.2) is 0 Å². The zero-order valence-electron chi connectivity index (χ0n) is 10.6. The van der Waals surface area contributed by atoms with E-state index in [-0.39, 0.29) is 0 Å². The third-order valence-corrected chi connectivity index (χ3v) is 3.94. The average molecular weight is 256 g/mol. The maximum Gasteiger partial charge on any atom is 0.137 e. The second-order valence-corrected chi connectivity index (χ2v) is 5.09. The number of benzene rings is 3. The van der Waals surface area contributed by atoms with Crippen molar-refractivity contribution in [3.63, 3.8) is 0 Å². The van der Waals surface area contributed by atoms with Gasteiger partial charge in [0, 0.05) is 33.1 Å². The molecule has 0 unspecified atom stereocenters. The van der Waals surface area contributed by atoms with Gasteiger partial charge >= 0.3 is 0 Å². The van der Waals surface area contributed by atoms with Gasteiger partial charge in [0.25, 0.3) is 0 Å². The molecule has 2 heterocycles. The lowest BCUT2D eigenvalue weighted by molar-refractivity contribution is 0.669. The first-order valence-corrected chi connectivity index (χ1v) is 6.63. The summed E-state index contributed by atoms with van der Waals surface area (Å²) in [5, 5.41) is 4.79. The lowest BCUT2D eigenvalue weighted by Gasteiger charge is -1.92. The minimum absolute atomic E-state index is 0.925. The Labute approximate surface area is 114 Å². The summed E-state index contributed by atoms with van der Waals surface area (Å²) < 4.78 is 5.93. The zero-order chi connectivity index (χ0) is 13.1. The van der Waals surface area contributed by atoms with Gasteiger partial charge in [-0.15, -0.1) is 0 Å². The van der Waals surface area contributed by atoms with Crippen molar-refractivity contribution < 1.29 is 4.42 Å². The molecule has 2 heteroatoms. The van der Waals surface area contributed by atoms with Crippen LogP contribution < -0.4 is 0 Å². The number of aromatic amines is 1. The van der Waals surface area contributed by atoms with Crippen LogP contribution in [-0.2, 0) is 0 Å². The van der Waals surface area contributed by atoms with Crippen molar-refractivity contribution in [1.29, 1.82) is 0 Å². The van der Waals surface area contributed by atoms with Gasteiger partial charge in [0.15, 0.2) is 0 Å². The first-order valence-electron chi connectivity index (χ1n) is 6.63.